The summed E-state index contributed by atoms with van der Waals surface area (Å²) in [5, 5.41) is 0. The van der Waals surface area contributed by atoms with E-state index in [9.17, 15) is 13.2 Å². The molecule has 2 rings (SSSR count). The second kappa shape index (κ2) is 7.14. The van der Waals surface area contributed by atoms with E-state index in [4.69, 9.17) is 0 Å². The van der Waals surface area contributed by atoms with Gasteiger partial charge < -0.3 is 4.74 Å². The largest absolute Gasteiger partial charge is 0.574 e. The van der Waals surface area contributed by atoms with E-state index in [0.717, 1.165) is 24.3 Å². The van der Waals surface area contributed by atoms with Crippen LogP contribution in [0.5, 0.6) is 5.88 Å². The van der Waals surface area contributed by atoms with Crippen molar-refractivity contribution in [2.24, 2.45) is 5.92 Å². The first kappa shape index (κ1) is 16.1. The standard InChI is InChI=1S/C16H22F3NO/c1-2-3-4-12-5-7-13(8-6-12)14-9-10-15(20-11-14)21-16(17,18)19/h9-13H,2-8H2,1H3/t12-,13-. The minimum Gasteiger partial charge on any atom is -0.388 e. The second-order valence-electron chi connectivity index (χ2n) is 5.84. The fraction of sp³-hybridized carbons (Fsp3) is 0.688. The van der Waals surface area contributed by atoms with E-state index in [2.05, 4.69) is 16.6 Å². The molecule has 0 saturated heterocycles. The Balaban J connectivity index is 1.86. The maximum absolute atomic E-state index is 12.1. The zero-order valence-corrected chi connectivity index (χ0v) is 12.3. The number of rotatable bonds is 5. The zero-order valence-electron chi connectivity index (χ0n) is 12.3. The first-order valence-electron chi connectivity index (χ1n) is 7.69. The Kier molecular flexibility index (Phi) is 5.48. The lowest BCUT2D eigenvalue weighted by Gasteiger charge is -2.28. The van der Waals surface area contributed by atoms with Crippen molar-refractivity contribution in [3.63, 3.8) is 0 Å². The van der Waals surface area contributed by atoms with Gasteiger partial charge in [-0.1, -0.05) is 32.3 Å². The molecule has 0 aromatic carbocycles. The predicted octanol–water partition coefficient (Wildman–Crippen LogP) is 5.44. The van der Waals surface area contributed by atoms with E-state index in [1.807, 2.05) is 0 Å². The Labute approximate surface area is 123 Å². The van der Waals surface area contributed by atoms with Gasteiger partial charge in [0.2, 0.25) is 5.88 Å². The summed E-state index contributed by atoms with van der Waals surface area (Å²) in [6.07, 6.45) is 5.33. The topological polar surface area (TPSA) is 22.1 Å². The number of hydrogen-bond donors (Lipinski definition) is 0. The lowest BCUT2D eigenvalue weighted by molar-refractivity contribution is -0.276. The van der Waals surface area contributed by atoms with E-state index >= 15 is 0 Å². The molecule has 1 aliphatic carbocycles. The van der Waals surface area contributed by atoms with Gasteiger partial charge in [0.05, 0.1) is 0 Å². The molecule has 0 amide bonds. The zero-order chi connectivity index (χ0) is 15.3. The maximum Gasteiger partial charge on any atom is 0.574 e. The van der Waals surface area contributed by atoms with Crippen molar-refractivity contribution in [3.8, 4) is 5.88 Å². The lowest BCUT2D eigenvalue weighted by atomic mass is 9.77. The molecule has 1 fully saturated rings. The molecular formula is C16H22F3NO. The number of pyridine rings is 1. The minimum atomic E-state index is -4.67. The maximum atomic E-state index is 12.1. The monoisotopic (exact) mass is 301 g/mol. The first-order chi connectivity index (χ1) is 9.98. The Morgan fingerprint density at radius 1 is 1.19 bits per heavy atom. The number of alkyl halides is 3. The van der Waals surface area contributed by atoms with E-state index in [1.54, 1.807) is 6.07 Å². The third-order valence-electron chi connectivity index (χ3n) is 4.26. The molecule has 1 aliphatic rings. The van der Waals surface area contributed by atoms with Gasteiger partial charge in [-0.15, -0.1) is 13.2 Å². The predicted molar refractivity (Wildman–Crippen MR) is 75.1 cm³/mol. The van der Waals surface area contributed by atoms with Crippen LogP contribution in [-0.2, 0) is 0 Å². The van der Waals surface area contributed by atoms with Crippen LogP contribution >= 0.6 is 0 Å². The molecule has 0 radical (unpaired) electrons. The van der Waals surface area contributed by atoms with Crippen LogP contribution in [0.2, 0.25) is 0 Å². The Hall–Kier alpha value is -1.26. The van der Waals surface area contributed by atoms with Gasteiger partial charge in [-0.25, -0.2) is 4.98 Å². The molecule has 0 spiro atoms. The van der Waals surface area contributed by atoms with Crippen molar-refractivity contribution < 1.29 is 17.9 Å². The molecule has 1 heterocycles. The normalized spacial score (nSPS) is 23.0. The van der Waals surface area contributed by atoms with Gasteiger partial charge in [-0.2, -0.15) is 0 Å². The molecule has 21 heavy (non-hydrogen) atoms. The molecule has 0 atom stereocenters. The fourth-order valence-electron chi connectivity index (χ4n) is 3.09. The summed E-state index contributed by atoms with van der Waals surface area (Å²) in [5.74, 6) is 0.861. The quantitative estimate of drug-likeness (QED) is 0.722. The van der Waals surface area contributed by atoms with E-state index < -0.39 is 6.36 Å². The molecular weight excluding hydrogens is 279 g/mol. The van der Waals surface area contributed by atoms with Gasteiger partial charge in [0.25, 0.3) is 0 Å². The second-order valence-corrected chi connectivity index (χ2v) is 5.84. The van der Waals surface area contributed by atoms with Crippen LogP contribution in [0.3, 0.4) is 0 Å². The van der Waals surface area contributed by atoms with Gasteiger partial charge in [0.1, 0.15) is 0 Å². The van der Waals surface area contributed by atoms with Crippen molar-refractivity contribution in [2.45, 2.75) is 64.1 Å². The summed E-state index contributed by atoms with van der Waals surface area (Å²) < 4.78 is 40.0. The summed E-state index contributed by atoms with van der Waals surface area (Å²) in [6.45, 7) is 2.21. The molecule has 1 saturated carbocycles. The smallest absolute Gasteiger partial charge is 0.388 e. The summed E-state index contributed by atoms with van der Waals surface area (Å²) >= 11 is 0. The van der Waals surface area contributed by atoms with Crippen molar-refractivity contribution in [1.82, 2.24) is 4.98 Å². The average Bonchev–Trinajstić information content (AvgIpc) is 2.45. The van der Waals surface area contributed by atoms with Gasteiger partial charge in [-0.05, 0) is 43.1 Å². The number of hydrogen-bond acceptors (Lipinski definition) is 2. The van der Waals surface area contributed by atoms with Crippen LogP contribution in [-0.4, -0.2) is 11.3 Å². The molecule has 1 aromatic heterocycles. The molecule has 0 N–H and O–H groups in total. The van der Waals surface area contributed by atoms with E-state index in [1.165, 1.54) is 44.4 Å². The van der Waals surface area contributed by atoms with E-state index in [-0.39, 0.29) is 5.88 Å². The third-order valence-corrected chi connectivity index (χ3v) is 4.26. The summed E-state index contributed by atoms with van der Waals surface area (Å²) in [5.41, 5.74) is 1.03. The van der Waals surface area contributed by atoms with Crippen LogP contribution in [0.25, 0.3) is 0 Å². The Morgan fingerprint density at radius 2 is 1.90 bits per heavy atom. The number of nitrogens with zero attached hydrogens (tertiary/aromatic N) is 1. The highest BCUT2D eigenvalue weighted by molar-refractivity contribution is 5.21. The minimum absolute atomic E-state index is 0.386. The van der Waals surface area contributed by atoms with Crippen molar-refractivity contribution in [1.29, 1.82) is 0 Å². The summed E-state index contributed by atoms with van der Waals surface area (Å²) in [4.78, 5) is 3.77. The number of aromatic nitrogens is 1. The highest BCUT2D eigenvalue weighted by atomic mass is 19.4. The van der Waals surface area contributed by atoms with E-state index in [0.29, 0.717) is 5.92 Å². The van der Waals surface area contributed by atoms with Gasteiger partial charge in [0, 0.05) is 12.3 Å². The number of ether oxygens (including phenoxy) is 1. The van der Waals surface area contributed by atoms with Crippen LogP contribution in [0.15, 0.2) is 18.3 Å². The first-order valence-corrected chi connectivity index (χ1v) is 7.69. The molecule has 0 aliphatic heterocycles. The number of halogens is 3. The Bertz CT molecular complexity index is 422. The lowest BCUT2D eigenvalue weighted by Crippen LogP contribution is -2.18. The highest BCUT2D eigenvalue weighted by Gasteiger charge is 2.31. The van der Waals surface area contributed by atoms with Gasteiger partial charge in [-0.3, -0.25) is 0 Å². The SMILES string of the molecule is CCCC[C@H]1CC[C@H](c2ccc(OC(F)(F)F)nc2)CC1. The van der Waals surface area contributed by atoms with Crippen molar-refractivity contribution in [3.05, 3.63) is 23.9 Å². The van der Waals surface area contributed by atoms with Crippen molar-refractivity contribution >= 4 is 0 Å². The van der Waals surface area contributed by atoms with Crippen LogP contribution in [0, 0.1) is 5.92 Å². The van der Waals surface area contributed by atoms with Gasteiger partial charge in [0.15, 0.2) is 0 Å². The molecule has 0 unspecified atom stereocenters. The molecule has 5 heteroatoms. The molecule has 1 aromatic rings. The summed E-state index contributed by atoms with van der Waals surface area (Å²) in [6, 6.07) is 3.02. The van der Waals surface area contributed by atoms with Gasteiger partial charge >= 0.3 is 6.36 Å². The number of unbranched alkanes of at least 4 members (excludes halogenated alkanes) is 1. The average molecular weight is 301 g/mol. The van der Waals surface area contributed by atoms with Crippen LogP contribution in [0.4, 0.5) is 13.2 Å². The van der Waals surface area contributed by atoms with Crippen molar-refractivity contribution in [2.75, 3.05) is 0 Å². The third kappa shape index (κ3) is 5.21. The van der Waals surface area contributed by atoms with Crippen LogP contribution < -0.4 is 4.74 Å². The molecule has 2 nitrogen and oxygen atoms in total. The fourth-order valence-corrected chi connectivity index (χ4v) is 3.09. The molecule has 0 bridgehead atoms. The Morgan fingerprint density at radius 3 is 2.43 bits per heavy atom. The highest BCUT2D eigenvalue weighted by Crippen LogP contribution is 2.37. The summed E-state index contributed by atoms with van der Waals surface area (Å²) in [7, 11) is 0. The molecule has 118 valence electrons. The van der Waals surface area contributed by atoms with Crippen LogP contribution in [0.1, 0.15) is 63.4 Å².